The number of furan rings is 1. The van der Waals surface area contributed by atoms with Gasteiger partial charge in [-0.15, -0.1) is 0 Å². The number of halogens is 1. The first kappa shape index (κ1) is 14.8. The molecule has 0 aliphatic carbocycles. The van der Waals surface area contributed by atoms with Crippen molar-refractivity contribution < 1.29 is 8.81 Å². The van der Waals surface area contributed by atoms with E-state index in [2.05, 4.69) is 11.8 Å². The molecular weight excluding hydrogens is 255 g/mol. The fourth-order valence-corrected chi connectivity index (χ4v) is 2.30. The van der Waals surface area contributed by atoms with Crippen LogP contribution in [0.4, 0.5) is 4.39 Å². The van der Waals surface area contributed by atoms with Gasteiger partial charge >= 0.3 is 0 Å². The topological polar surface area (TPSA) is 42.4 Å². The van der Waals surface area contributed by atoms with Gasteiger partial charge in [-0.3, -0.25) is 4.90 Å². The van der Waals surface area contributed by atoms with Crippen molar-refractivity contribution in [1.82, 2.24) is 4.90 Å². The zero-order valence-corrected chi connectivity index (χ0v) is 12.0. The largest absolute Gasteiger partial charge is 0.472 e. The first-order chi connectivity index (χ1) is 9.53. The van der Waals surface area contributed by atoms with Crippen LogP contribution in [-0.4, -0.2) is 24.0 Å². The average Bonchev–Trinajstić information content (AvgIpc) is 2.91. The van der Waals surface area contributed by atoms with Crippen LogP contribution < -0.4 is 5.73 Å². The quantitative estimate of drug-likeness (QED) is 0.882. The van der Waals surface area contributed by atoms with Crippen LogP contribution in [0.15, 0.2) is 47.3 Å². The van der Waals surface area contributed by atoms with E-state index in [-0.39, 0.29) is 11.4 Å². The van der Waals surface area contributed by atoms with Crippen LogP contribution >= 0.6 is 0 Å². The minimum Gasteiger partial charge on any atom is -0.472 e. The van der Waals surface area contributed by atoms with Gasteiger partial charge in [-0.1, -0.05) is 12.1 Å². The summed E-state index contributed by atoms with van der Waals surface area (Å²) in [6.45, 7) is 3.34. The standard InChI is InChI=1S/C16H21FN2O/c1-16(12-18,9-13-4-3-5-15(17)8-13)19(2)10-14-6-7-20-11-14/h3-8,11H,9-10,12,18H2,1-2H3. The van der Waals surface area contributed by atoms with Crippen molar-refractivity contribution in [2.75, 3.05) is 13.6 Å². The summed E-state index contributed by atoms with van der Waals surface area (Å²) in [5.74, 6) is -0.209. The van der Waals surface area contributed by atoms with E-state index in [4.69, 9.17) is 10.2 Å². The number of benzene rings is 1. The monoisotopic (exact) mass is 276 g/mol. The molecular formula is C16H21FN2O. The predicted octanol–water partition coefficient (Wildman–Crippen LogP) is 2.81. The first-order valence-corrected chi connectivity index (χ1v) is 6.70. The van der Waals surface area contributed by atoms with Gasteiger partial charge < -0.3 is 10.2 Å². The first-order valence-electron chi connectivity index (χ1n) is 6.70. The second kappa shape index (κ2) is 6.20. The van der Waals surface area contributed by atoms with Crippen molar-refractivity contribution in [1.29, 1.82) is 0 Å². The Morgan fingerprint density at radius 1 is 1.30 bits per heavy atom. The minimum absolute atomic E-state index is 0.209. The molecule has 0 saturated carbocycles. The van der Waals surface area contributed by atoms with E-state index in [0.29, 0.717) is 13.0 Å². The molecule has 1 unspecified atom stereocenters. The second-order valence-electron chi connectivity index (χ2n) is 5.50. The van der Waals surface area contributed by atoms with Crippen molar-refractivity contribution in [3.63, 3.8) is 0 Å². The molecule has 108 valence electrons. The number of hydrogen-bond donors (Lipinski definition) is 1. The number of likely N-dealkylation sites (N-methyl/N-ethyl adjacent to an activating group) is 1. The molecule has 0 radical (unpaired) electrons. The summed E-state index contributed by atoms with van der Waals surface area (Å²) in [7, 11) is 2.03. The van der Waals surface area contributed by atoms with Crippen LogP contribution in [0.1, 0.15) is 18.1 Å². The predicted molar refractivity (Wildman–Crippen MR) is 77.7 cm³/mol. The number of rotatable bonds is 6. The van der Waals surface area contributed by atoms with E-state index in [1.165, 1.54) is 6.07 Å². The average molecular weight is 276 g/mol. The van der Waals surface area contributed by atoms with Crippen molar-refractivity contribution in [3.05, 3.63) is 59.8 Å². The maximum absolute atomic E-state index is 13.3. The third-order valence-electron chi connectivity index (χ3n) is 3.84. The normalized spacial score (nSPS) is 14.4. The summed E-state index contributed by atoms with van der Waals surface area (Å²) >= 11 is 0. The molecule has 0 aliphatic rings. The van der Waals surface area contributed by atoms with E-state index >= 15 is 0 Å². The lowest BCUT2D eigenvalue weighted by atomic mass is 9.91. The van der Waals surface area contributed by atoms with Crippen molar-refractivity contribution in [3.8, 4) is 0 Å². The van der Waals surface area contributed by atoms with E-state index in [1.807, 2.05) is 19.2 Å². The number of nitrogens with zero attached hydrogens (tertiary/aromatic N) is 1. The maximum atomic E-state index is 13.3. The highest BCUT2D eigenvalue weighted by molar-refractivity contribution is 5.19. The Balaban J connectivity index is 2.11. The Hall–Kier alpha value is -1.65. The molecule has 0 spiro atoms. The molecule has 1 aromatic carbocycles. The fraction of sp³-hybridized carbons (Fsp3) is 0.375. The zero-order chi connectivity index (χ0) is 14.6. The van der Waals surface area contributed by atoms with Gasteiger partial charge in [0.2, 0.25) is 0 Å². The molecule has 3 nitrogen and oxygen atoms in total. The van der Waals surface area contributed by atoms with Crippen LogP contribution in [0.25, 0.3) is 0 Å². The zero-order valence-electron chi connectivity index (χ0n) is 12.0. The Morgan fingerprint density at radius 2 is 2.10 bits per heavy atom. The molecule has 1 atom stereocenters. The molecule has 1 aromatic heterocycles. The van der Waals surface area contributed by atoms with Crippen LogP contribution in [0, 0.1) is 5.82 Å². The lowest BCUT2D eigenvalue weighted by molar-refractivity contribution is 0.136. The van der Waals surface area contributed by atoms with E-state index in [9.17, 15) is 4.39 Å². The van der Waals surface area contributed by atoms with Crippen molar-refractivity contribution >= 4 is 0 Å². The van der Waals surface area contributed by atoms with E-state index in [1.54, 1.807) is 24.7 Å². The molecule has 0 saturated heterocycles. The Kier molecular flexibility index (Phi) is 4.57. The summed E-state index contributed by atoms with van der Waals surface area (Å²) < 4.78 is 18.4. The van der Waals surface area contributed by atoms with Gasteiger partial charge in [0.05, 0.1) is 12.5 Å². The van der Waals surface area contributed by atoms with Gasteiger partial charge in [0.1, 0.15) is 5.82 Å². The van der Waals surface area contributed by atoms with Crippen molar-refractivity contribution in [2.45, 2.75) is 25.4 Å². The van der Waals surface area contributed by atoms with Crippen molar-refractivity contribution in [2.24, 2.45) is 5.73 Å². The van der Waals surface area contributed by atoms with Crippen LogP contribution in [-0.2, 0) is 13.0 Å². The number of nitrogens with two attached hydrogens (primary N) is 1. The third-order valence-corrected chi connectivity index (χ3v) is 3.84. The molecule has 2 aromatic rings. The molecule has 2 N–H and O–H groups in total. The summed E-state index contributed by atoms with van der Waals surface area (Å²) in [6, 6.07) is 8.63. The Labute approximate surface area is 119 Å². The molecule has 0 fully saturated rings. The Bertz CT molecular complexity index is 541. The van der Waals surface area contributed by atoms with Gasteiger partial charge in [-0.25, -0.2) is 4.39 Å². The smallest absolute Gasteiger partial charge is 0.123 e. The lowest BCUT2D eigenvalue weighted by Crippen LogP contribution is -2.50. The molecule has 2 rings (SSSR count). The minimum atomic E-state index is -0.231. The van der Waals surface area contributed by atoms with Gasteiger partial charge in [0, 0.05) is 24.2 Å². The molecule has 0 amide bonds. The fourth-order valence-electron chi connectivity index (χ4n) is 2.30. The van der Waals surface area contributed by atoms with E-state index in [0.717, 1.165) is 17.7 Å². The summed E-state index contributed by atoms with van der Waals surface area (Å²) in [6.07, 6.45) is 4.10. The molecule has 1 heterocycles. The molecule has 4 heteroatoms. The highest BCUT2D eigenvalue weighted by Crippen LogP contribution is 2.21. The van der Waals surface area contributed by atoms with Gasteiger partial charge in [-0.05, 0) is 44.2 Å². The lowest BCUT2D eigenvalue weighted by Gasteiger charge is -2.38. The maximum Gasteiger partial charge on any atom is 0.123 e. The molecule has 20 heavy (non-hydrogen) atoms. The van der Waals surface area contributed by atoms with Gasteiger partial charge in [0.25, 0.3) is 0 Å². The summed E-state index contributed by atoms with van der Waals surface area (Å²) in [5, 5.41) is 0. The SMILES string of the molecule is CN(Cc1ccoc1)C(C)(CN)Cc1cccc(F)c1. The second-order valence-corrected chi connectivity index (χ2v) is 5.50. The van der Waals surface area contributed by atoms with Gasteiger partial charge in [0.15, 0.2) is 0 Å². The molecule has 0 aliphatic heterocycles. The Morgan fingerprint density at radius 3 is 2.70 bits per heavy atom. The van der Waals surface area contributed by atoms with Crippen LogP contribution in [0.2, 0.25) is 0 Å². The van der Waals surface area contributed by atoms with Crippen LogP contribution in [0.3, 0.4) is 0 Å². The highest BCUT2D eigenvalue weighted by Gasteiger charge is 2.28. The van der Waals surface area contributed by atoms with Crippen LogP contribution in [0.5, 0.6) is 0 Å². The number of hydrogen-bond acceptors (Lipinski definition) is 3. The highest BCUT2D eigenvalue weighted by atomic mass is 19.1. The summed E-state index contributed by atoms with van der Waals surface area (Å²) in [5.41, 5.74) is 7.79. The molecule has 0 bridgehead atoms. The van der Waals surface area contributed by atoms with E-state index < -0.39 is 0 Å². The summed E-state index contributed by atoms with van der Waals surface area (Å²) in [4.78, 5) is 2.18. The third kappa shape index (κ3) is 3.46. The van der Waals surface area contributed by atoms with Gasteiger partial charge in [-0.2, -0.15) is 0 Å².